The van der Waals surface area contributed by atoms with Crippen LogP contribution in [0.1, 0.15) is 35.0 Å². The van der Waals surface area contributed by atoms with E-state index in [1.54, 1.807) is 0 Å². The van der Waals surface area contributed by atoms with Crippen molar-refractivity contribution in [2.75, 3.05) is 0 Å². The zero-order valence-electron chi connectivity index (χ0n) is 14.6. The fourth-order valence-electron chi connectivity index (χ4n) is 2.80. The standard InChI is InChI=1S/C19H20IN4/c1-6-15-10-17(20)23-24(15)16-9-12(3)22-19(14(16)5)18-13(4)11(2)7-8-21-18/h7-8,10H,6H2,1-5H3. The first-order valence-corrected chi connectivity index (χ1v) is 9.08. The Hall–Kier alpha value is -1.76. The van der Waals surface area contributed by atoms with Crippen LogP contribution in [0.4, 0.5) is 0 Å². The quantitative estimate of drug-likeness (QED) is 0.573. The second-order valence-corrected chi connectivity index (χ2v) is 7.07. The van der Waals surface area contributed by atoms with Crippen molar-refractivity contribution in [1.82, 2.24) is 19.7 Å². The molecule has 24 heavy (non-hydrogen) atoms. The minimum Gasteiger partial charge on any atom is -0.254 e. The zero-order chi connectivity index (χ0) is 17.4. The number of pyridine rings is 2. The molecule has 0 bridgehead atoms. The van der Waals surface area contributed by atoms with Gasteiger partial charge < -0.3 is 0 Å². The van der Waals surface area contributed by atoms with Gasteiger partial charge in [0.15, 0.2) is 0 Å². The van der Waals surface area contributed by atoms with Gasteiger partial charge in [-0.25, -0.2) is 4.68 Å². The molecule has 0 aliphatic carbocycles. The van der Waals surface area contributed by atoms with Gasteiger partial charge in [0.1, 0.15) is 3.70 Å². The summed E-state index contributed by atoms with van der Waals surface area (Å²) in [5.41, 5.74) is 8.26. The second kappa shape index (κ2) is 6.63. The fourth-order valence-corrected chi connectivity index (χ4v) is 3.38. The van der Waals surface area contributed by atoms with Crippen LogP contribution in [-0.2, 0) is 6.42 Å². The number of nitrogens with zero attached hydrogens (tertiary/aromatic N) is 4. The number of hydrogen-bond acceptors (Lipinski definition) is 3. The van der Waals surface area contributed by atoms with Crippen LogP contribution < -0.4 is 0 Å². The van der Waals surface area contributed by atoms with Crippen LogP contribution in [0, 0.1) is 37.5 Å². The molecule has 0 unspecified atom stereocenters. The van der Waals surface area contributed by atoms with Crippen LogP contribution in [0.2, 0.25) is 0 Å². The minimum atomic E-state index is 0.848. The lowest BCUT2D eigenvalue weighted by molar-refractivity contribution is 0.797. The Balaban J connectivity index is 2.28. The lowest BCUT2D eigenvalue weighted by Crippen LogP contribution is -2.08. The van der Waals surface area contributed by atoms with E-state index in [2.05, 4.69) is 72.5 Å². The maximum absolute atomic E-state index is 4.73. The molecule has 0 saturated carbocycles. The van der Waals surface area contributed by atoms with E-state index in [1.165, 1.54) is 11.3 Å². The summed E-state index contributed by atoms with van der Waals surface area (Å²) in [6.07, 6.45) is 2.76. The maximum Gasteiger partial charge on any atom is 0.124 e. The molecule has 3 rings (SSSR count). The van der Waals surface area contributed by atoms with Crippen molar-refractivity contribution in [3.63, 3.8) is 0 Å². The van der Waals surface area contributed by atoms with Gasteiger partial charge in [0, 0.05) is 29.2 Å². The van der Waals surface area contributed by atoms with Gasteiger partial charge in [-0.3, -0.25) is 9.97 Å². The molecule has 3 aromatic rings. The first-order valence-electron chi connectivity index (χ1n) is 8.00. The molecular formula is C19H20IN4. The molecule has 3 aromatic heterocycles. The number of aromatic nitrogens is 4. The molecule has 1 radical (unpaired) electrons. The molecule has 0 amide bonds. The number of hydrogen-bond donors (Lipinski definition) is 0. The molecule has 0 saturated heterocycles. The molecule has 0 N–H and O–H groups in total. The molecule has 3 heterocycles. The van der Waals surface area contributed by atoms with E-state index in [-0.39, 0.29) is 0 Å². The molecule has 0 fully saturated rings. The summed E-state index contributed by atoms with van der Waals surface area (Å²) < 4.78 is 2.97. The molecule has 0 spiro atoms. The topological polar surface area (TPSA) is 43.6 Å². The monoisotopic (exact) mass is 431 g/mol. The first kappa shape index (κ1) is 17.1. The van der Waals surface area contributed by atoms with Crippen molar-refractivity contribution in [3.8, 4) is 17.1 Å². The van der Waals surface area contributed by atoms with Crippen LogP contribution in [0.25, 0.3) is 17.1 Å². The molecule has 0 aliphatic rings. The molecule has 0 atom stereocenters. The summed E-state index contributed by atoms with van der Waals surface area (Å²) in [6.45, 7) is 10.4. The maximum atomic E-state index is 4.73. The summed E-state index contributed by atoms with van der Waals surface area (Å²) in [4.78, 5) is 9.32. The van der Waals surface area contributed by atoms with E-state index in [1.807, 2.05) is 23.9 Å². The van der Waals surface area contributed by atoms with Crippen molar-refractivity contribution in [3.05, 3.63) is 56.2 Å². The van der Waals surface area contributed by atoms with Crippen molar-refractivity contribution < 1.29 is 0 Å². The van der Waals surface area contributed by atoms with Gasteiger partial charge in [0.05, 0.1) is 17.1 Å². The van der Waals surface area contributed by atoms with Gasteiger partial charge >= 0.3 is 0 Å². The minimum absolute atomic E-state index is 0.848. The summed E-state index contributed by atoms with van der Waals surface area (Å²) >= 11 is 2.25. The summed E-state index contributed by atoms with van der Waals surface area (Å²) in [5.74, 6) is 0. The van der Waals surface area contributed by atoms with E-state index < -0.39 is 0 Å². The van der Waals surface area contributed by atoms with E-state index in [0.29, 0.717) is 0 Å². The van der Waals surface area contributed by atoms with Gasteiger partial charge in [-0.05, 0) is 80.0 Å². The average molecular weight is 431 g/mol. The molecule has 123 valence electrons. The van der Waals surface area contributed by atoms with Crippen molar-refractivity contribution in [2.45, 2.75) is 41.0 Å². The Morgan fingerprint density at radius 1 is 1.12 bits per heavy atom. The Morgan fingerprint density at radius 2 is 1.88 bits per heavy atom. The van der Waals surface area contributed by atoms with Crippen LogP contribution in [0.15, 0.2) is 18.3 Å². The third kappa shape index (κ3) is 2.97. The van der Waals surface area contributed by atoms with Gasteiger partial charge in [0.25, 0.3) is 0 Å². The van der Waals surface area contributed by atoms with E-state index in [4.69, 9.17) is 4.98 Å². The van der Waals surface area contributed by atoms with Crippen molar-refractivity contribution in [1.29, 1.82) is 0 Å². The number of halogens is 1. The summed E-state index contributed by atoms with van der Waals surface area (Å²) in [5, 5.41) is 4.65. The lowest BCUT2D eigenvalue weighted by Gasteiger charge is -2.15. The van der Waals surface area contributed by atoms with E-state index in [0.717, 1.165) is 44.0 Å². The average Bonchev–Trinajstić information content (AvgIpc) is 2.93. The van der Waals surface area contributed by atoms with Gasteiger partial charge in [-0.1, -0.05) is 6.92 Å². The van der Waals surface area contributed by atoms with Gasteiger partial charge in [-0.15, -0.1) is 0 Å². The molecule has 5 heteroatoms. The SMILES string of the molecule is CCc1cc(I)nn1-c1[c]c(C)nc(-c2nccc(C)c2C)c1C. The Kier molecular flexibility index (Phi) is 4.71. The predicted octanol–water partition coefficient (Wildman–Crippen LogP) is 4.53. The van der Waals surface area contributed by atoms with Gasteiger partial charge in [-0.2, -0.15) is 5.10 Å². The largest absolute Gasteiger partial charge is 0.254 e. The molecule has 4 nitrogen and oxygen atoms in total. The molecule has 0 aromatic carbocycles. The third-order valence-electron chi connectivity index (χ3n) is 4.32. The van der Waals surface area contributed by atoms with Crippen LogP contribution >= 0.6 is 22.6 Å². The van der Waals surface area contributed by atoms with Gasteiger partial charge in [0.2, 0.25) is 0 Å². The van der Waals surface area contributed by atoms with Crippen molar-refractivity contribution >= 4 is 22.6 Å². The van der Waals surface area contributed by atoms with Crippen LogP contribution in [0.5, 0.6) is 0 Å². The zero-order valence-corrected chi connectivity index (χ0v) is 16.8. The van der Waals surface area contributed by atoms with Crippen LogP contribution in [-0.4, -0.2) is 19.7 Å². The smallest absolute Gasteiger partial charge is 0.124 e. The molecule has 0 aliphatic heterocycles. The number of aryl methyl sites for hydroxylation is 3. The lowest BCUT2D eigenvalue weighted by atomic mass is 10.0. The fraction of sp³-hybridized carbons (Fsp3) is 0.316. The van der Waals surface area contributed by atoms with Crippen molar-refractivity contribution in [2.24, 2.45) is 0 Å². The normalized spacial score (nSPS) is 11.1. The highest BCUT2D eigenvalue weighted by molar-refractivity contribution is 14.1. The molecular weight excluding hydrogens is 411 g/mol. The third-order valence-corrected chi connectivity index (χ3v) is 4.84. The van der Waals surface area contributed by atoms with Crippen LogP contribution in [0.3, 0.4) is 0 Å². The highest BCUT2D eigenvalue weighted by Crippen LogP contribution is 2.29. The number of rotatable bonds is 3. The highest BCUT2D eigenvalue weighted by Gasteiger charge is 2.17. The predicted molar refractivity (Wildman–Crippen MR) is 104 cm³/mol. The van der Waals surface area contributed by atoms with E-state index >= 15 is 0 Å². The van der Waals surface area contributed by atoms with E-state index in [9.17, 15) is 0 Å². The second-order valence-electron chi connectivity index (χ2n) is 5.97. The highest BCUT2D eigenvalue weighted by atomic mass is 127. The Bertz CT molecular complexity index is 912. The summed E-state index contributed by atoms with van der Waals surface area (Å²) in [6, 6.07) is 7.52. The Morgan fingerprint density at radius 3 is 2.58 bits per heavy atom. The Labute approximate surface area is 156 Å². The summed E-state index contributed by atoms with van der Waals surface area (Å²) in [7, 11) is 0. The first-order chi connectivity index (χ1) is 11.4.